The highest BCUT2D eigenvalue weighted by Crippen LogP contribution is 2.52. The molecule has 188 valence electrons. The molecule has 0 bridgehead atoms. The first-order chi connectivity index (χ1) is 15.0. The predicted octanol–water partition coefficient (Wildman–Crippen LogP) is 3.94. The smallest absolute Gasteiger partial charge is 0.399 e. The molecule has 0 spiro atoms. The summed E-state index contributed by atoms with van der Waals surface area (Å²) in [4.78, 5) is 2.35. The Morgan fingerprint density at radius 3 is 1.88 bits per heavy atom. The molecule has 2 saturated heterocycles. The van der Waals surface area contributed by atoms with Crippen molar-refractivity contribution in [2.75, 3.05) is 55.7 Å². The molecule has 1 atom stereocenters. The second kappa shape index (κ2) is 9.05. The Bertz CT molecular complexity index is 940. The molecular weight excluding hydrogens is 453 g/mol. The van der Waals surface area contributed by atoms with Crippen molar-refractivity contribution in [1.82, 2.24) is 4.31 Å². The molecule has 1 aromatic rings. The maximum atomic E-state index is 13.4. The van der Waals surface area contributed by atoms with Crippen LogP contribution in [0.3, 0.4) is 0 Å². The number of benzene rings is 1. The maximum Gasteiger partial charge on any atom is 0.494 e. The molecule has 9 heteroatoms. The Labute approximate surface area is 204 Å². The first kappa shape index (κ1) is 26.9. The molecule has 0 radical (unpaired) electrons. The van der Waals surface area contributed by atoms with Gasteiger partial charge in [0.1, 0.15) is 9.92 Å². The van der Waals surface area contributed by atoms with Crippen molar-refractivity contribution in [1.29, 1.82) is 0 Å². The molecule has 2 aliphatic heterocycles. The van der Waals surface area contributed by atoms with E-state index in [0.29, 0.717) is 5.88 Å². The van der Waals surface area contributed by atoms with Crippen LogP contribution in [-0.4, -0.2) is 82.4 Å². The molecule has 2 aliphatic rings. The quantitative estimate of drug-likeness (QED) is 0.579. The average molecular weight is 498 g/mol. The van der Waals surface area contributed by atoms with Crippen LogP contribution in [0.15, 0.2) is 28.6 Å². The van der Waals surface area contributed by atoms with Gasteiger partial charge in [0, 0.05) is 38.1 Å². The summed E-state index contributed by atoms with van der Waals surface area (Å²) in [6, 6.07) is 8.47. The highest BCUT2D eigenvalue weighted by Gasteiger charge is 2.51. The zero-order valence-electron chi connectivity index (χ0n) is 22.3. The van der Waals surface area contributed by atoms with E-state index >= 15 is 0 Å². The zero-order valence-corrected chi connectivity index (χ0v) is 23.9. The second-order valence-electron chi connectivity index (χ2n) is 11.8. The van der Waals surface area contributed by atoms with Gasteiger partial charge < -0.3 is 14.2 Å². The molecule has 1 unspecified atom stereocenters. The van der Waals surface area contributed by atoms with Crippen LogP contribution in [-0.2, 0) is 19.2 Å². The van der Waals surface area contributed by atoms with Crippen LogP contribution < -0.4 is 10.4 Å². The predicted molar refractivity (Wildman–Crippen MR) is 146 cm³/mol. The molecule has 0 saturated carbocycles. The minimum absolute atomic E-state index is 0.191. The van der Waals surface area contributed by atoms with E-state index in [1.54, 1.807) is 6.26 Å². The monoisotopic (exact) mass is 497 g/mol. The lowest BCUT2D eigenvalue weighted by molar-refractivity contribution is 0.00578. The fourth-order valence-electron chi connectivity index (χ4n) is 3.61. The summed E-state index contributed by atoms with van der Waals surface area (Å²) in [7, 11) is -3.65. The number of rotatable bonds is 5. The molecule has 6 nitrogen and oxygen atoms in total. The van der Waals surface area contributed by atoms with Crippen molar-refractivity contribution < 1.29 is 13.5 Å². The number of piperazine rings is 1. The highest BCUT2D eigenvalue weighted by atomic mass is 32.3. The molecule has 2 fully saturated rings. The van der Waals surface area contributed by atoms with E-state index in [1.807, 2.05) is 0 Å². The van der Waals surface area contributed by atoms with Gasteiger partial charge in [-0.2, -0.15) is 0 Å². The normalized spacial score (nSPS) is 23.9. The second-order valence-corrected chi connectivity index (χ2v) is 18.6. The van der Waals surface area contributed by atoms with Crippen molar-refractivity contribution in [3.8, 4) is 0 Å². The summed E-state index contributed by atoms with van der Waals surface area (Å²) in [5.41, 5.74) is 1.53. The number of hydrogen-bond acceptors (Lipinski definition) is 5. The summed E-state index contributed by atoms with van der Waals surface area (Å²) in [6.07, 6.45) is 6.38. The van der Waals surface area contributed by atoms with Crippen molar-refractivity contribution in [2.24, 2.45) is 4.36 Å². The molecule has 33 heavy (non-hydrogen) atoms. The first-order valence-corrected chi connectivity index (χ1v) is 16.3. The lowest BCUT2D eigenvalue weighted by Crippen LogP contribution is -2.48. The molecule has 2 heterocycles. The van der Waals surface area contributed by atoms with Crippen molar-refractivity contribution >= 4 is 38.2 Å². The number of anilines is 1. The van der Waals surface area contributed by atoms with Gasteiger partial charge in [0.2, 0.25) is 0 Å². The molecular formula is C24H44BN3O3S2. The summed E-state index contributed by atoms with van der Waals surface area (Å²) in [5.74, 6) is 0.687. The third-order valence-electron chi connectivity index (χ3n) is 7.77. The molecule has 0 N–H and O–H groups in total. The average Bonchev–Trinajstić information content (AvgIpc) is 2.93. The molecule has 1 aromatic carbocycles. The molecule has 0 aliphatic carbocycles. The Balaban J connectivity index is 1.61. The van der Waals surface area contributed by atoms with Crippen molar-refractivity contribution in [3.05, 3.63) is 24.3 Å². The van der Waals surface area contributed by atoms with Gasteiger partial charge in [-0.05, 0) is 62.5 Å². The van der Waals surface area contributed by atoms with E-state index in [-0.39, 0.29) is 23.1 Å². The van der Waals surface area contributed by atoms with Crippen LogP contribution in [0.5, 0.6) is 0 Å². The maximum absolute atomic E-state index is 13.4. The van der Waals surface area contributed by atoms with E-state index < -0.39 is 19.9 Å². The van der Waals surface area contributed by atoms with E-state index in [9.17, 15) is 4.21 Å². The van der Waals surface area contributed by atoms with Crippen molar-refractivity contribution in [3.63, 3.8) is 0 Å². The topological polar surface area (TPSA) is 54.4 Å². The zero-order chi connectivity index (χ0) is 24.9. The minimum atomic E-state index is -2.35. The third kappa shape index (κ3) is 5.75. The van der Waals surface area contributed by atoms with Gasteiger partial charge in [-0.15, -0.1) is 0 Å². The lowest BCUT2D eigenvalue weighted by atomic mass is 9.79. The largest absolute Gasteiger partial charge is 0.494 e. The Hall–Kier alpha value is -0.735. The summed E-state index contributed by atoms with van der Waals surface area (Å²) in [6.45, 7) is 18.2. The van der Waals surface area contributed by atoms with Crippen LogP contribution in [0.25, 0.3) is 0 Å². The van der Waals surface area contributed by atoms with E-state index in [2.05, 4.69) is 94.4 Å². The molecule has 0 amide bonds. The van der Waals surface area contributed by atoms with Gasteiger partial charge >= 0.3 is 7.12 Å². The Morgan fingerprint density at radius 2 is 1.42 bits per heavy atom. The molecule has 3 rings (SSSR count). The van der Waals surface area contributed by atoms with Crippen molar-refractivity contribution in [2.45, 2.75) is 64.4 Å². The number of nitrogens with zero attached hydrogens (tertiary/aromatic N) is 3. The highest BCUT2D eigenvalue weighted by molar-refractivity contribution is 8.33. The Morgan fingerprint density at radius 1 is 0.939 bits per heavy atom. The fourth-order valence-corrected chi connectivity index (χ4v) is 6.84. The summed E-state index contributed by atoms with van der Waals surface area (Å²) < 4.78 is 32.7. The SMILES string of the molecule is CC1(C)OB(c2ccc(N3CCN(S(C)(=O)=NCS(C)(C)C(C)(C)C)CC3)cc2)OC1(C)C. The number of hydrogen-bond donors (Lipinski definition) is 0. The molecule has 0 aromatic heterocycles. The Kier molecular flexibility index (Phi) is 7.36. The third-order valence-corrected chi connectivity index (χ3v) is 14.0. The van der Waals surface area contributed by atoms with Gasteiger partial charge in [0.15, 0.2) is 0 Å². The first-order valence-electron chi connectivity index (χ1n) is 11.8. The van der Waals surface area contributed by atoms with Crippen LogP contribution >= 0.6 is 10.0 Å². The van der Waals surface area contributed by atoms with Gasteiger partial charge in [-0.3, -0.25) is 0 Å². The standard InChI is InChI=1S/C24H44BN3O3S2/c1-22(2,3)32(8,9)19-26-33(10,29)28-17-15-27(16-18-28)21-13-11-20(12-14-21)25-30-23(4,5)24(6,7)31-25/h11-14H,15-19H2,1-10H3. The van der Waals surface area contributed by atoms with Gasteiger partial charge in [-0.25, -0.2) is 22.9 Å². The van der Waals surface area contributed by atoms with Gasteiger partial charge in [-0.1, -0.05) is 32.9 Å². The lowest BCUT2D eigenvalue weighted by Gasteiger charge is -2.43. The minimum Gasteiger partial charge on any atom is -0.399 e. The van der Waals surface area contributed by atoms with Gasteiger partial charge in [0.25, 0.3) is 0 Å². The summed E-state index contributed by atoms with van der Waals surface area (Å²) >= 11 is 0. The fraction of sp³-hybridized carbons (Fsp3) is 0.750. The van der Waals surface area contributed by atoms with Gasteiger partial charge in [0.05, 0.1) is 17.1 Å². The summed E-state index contributed by atoms with van der Waals surface area (Å²) in [5, 5.41) is 0. The van der Waals surface area contributed by atoms with Crippen LogP contribution in [0.1, 0.15) is 48.5 Å². The van der Waals surface area contributed by atoms with Crippen LogP contribution in [0, 0.1) is 0 Å². The van der Waals surface area contributed by atoms with Crippen LogP contribution in [0.2, 0.25) is 0 Å². The van der Waals surface area contributed by atoms with E-state index in [0.717, 1.165) is 31.6 Å². The van der Waals surface area contributed by atoms with E-state index in [4.69, 9.17) is 13.7 Å². The van der Waals surface area contributed by atoms with Crippen LogP contribution in [0.4, 0.5) is 5.69 Å². The van der Waals surface area contributed by atoms with E-state index in [1.165, 1.54) is 5.69 Å².